The smallest absolute Gasteiger partial charge is 0.270 e. The van der Waals surface area contributed by atoms with Gasteiger partial charge in [0.2, 0.25) is 0 Å². The van der Waals surface area contributed by atoms with Gasteiger partial charge in [0.15, 0.2) is 5.11 Å². The molecule has 1 aliphatic heterocycles. The first-order valence-electron chi connectivity index (χ1n) is 9.61. The largest absolute Gasteiger partial charge is 0.457 e. The molecule has 7 heteroatoms. The number of hydrogen-bond acceptors (Lipinski definition) is 5. The van der Waals surface area contributed by atoms with Crippen LogP contribution in [0.4, 0.5) is 5.69 Å². The average molecular weight is 427 g/mol. The number of nitrogens with one attached hydrogen (secondary N) is 1. The Labute approximate surface area is 184 Å². The lowest BCUT2D eigenvalue weighted by Gasteiger charge is -2.28. The molecule has 2 aromatic carbocycles. The summed E-state index contributed by atoms with van der Waals surface area (Å²) in [5.74, 6) is -0.342. The van der Waals surface area contributed by atoms with Crippen LogP contribution in [0.25, 0.3) is 17.4 Å². The van der Waals surface area contributed by atoms with E-state index in [-0.39, 0.29) is 10.7 Å². The van der Waals surface area contributed by atoms with Gasteiger partial charge in [0.1, 0.15) is 17.1 Å². The Bertz CT molecular complexity index is 1270. The van der Waals surface area contributed by atoms with Crippen LogP contribution in [-0.2, 0) is 16.0 Å². The van der Waals surface area contributed by atoms with E-state index in [4.69, 9.17) is 16.6 Å². The molecule has 0 radical (unpaired) electrons. The number of thiocarbonyl (C=S) groups is 1. The second-order valence-corrected chi connectivity index (χ2v) is 7.22. The van der Waals surface area contributed by atoms with Gasteiger partial charge in [-0.1, -0.05) is 31.2 Å². The zero-order valence-electron chi connectivity index (χ0n) is 16.6. The number of anilines is 1. The van der Waals surface area contributed by atoms with Crippen molar-refractivity contribution < 1.29 is 14.0 Å². The highest BCUT2D eigenvalue weighted by molar-refractivity contribution is 7.80. The minimum atomic E-state index is -0.591. The molecule has 1 saturated heterocycles. The summed E-state index contributed by atoms with van der Waals surface area (Å²) in [6.45, 7) is 2.04. The molecule has 0 spiro atoms. The molecule has 4 rings (SSSR count). The van der Waals surface area contributed by atoms with Gasteiger partial charge in [0.05, 0.1) is 17.3 Å². The van der Waals surface area contributed by atoms with Crippen LogP contribution < -0.4 is 10.2 Å². The first kappa shape index (κ1) is 20.3. The minimum Gasteiger partial charge on any atom is -0.457 e. The fraction of sp³-hybridized carbons (Fsp3) is 0.0833. The second kappa shape index (κ2) is 8.38. The lowest BCUT2D eigenvalue weighted by molar-refractivity contribution is -0.122. The van der Waals surface area contributed by atoms with Gasteiger partial charge >= 0.3 is 0 Å². The van der Waals surface area contributed by atoms with Gasteiger partial charge in [-0.15, -0.1) is 0 Å². The summed E-state index contributed by atoms with van der Waals surface area (Å²) in [4.78, 5) is 26.9. The highest BCUT2D eigenvalue weighted by atomic mass is 32.1. The lowest BCUT2D eigenvalue weighted by atomic mass is 10.1. The molecule has 1 N–H and O–H groups in total. The van der Waals surface area contributed by atoms with E-state index in [1.165, 1.54) is 11.0 Å². The maximum Gasteiger partial charge on any atom is 0.270 e. The van der Waals surface area contributed by atoms with E-state index >= 15 is 0 Å². The van der Waals surface area contributed by atoms with Crippen LogP contribution in [0.15, 0.2) is 70.7 Å². The van der Waals surface area contributed by atoms with Gasteiger partial charge < -0.3 is 4.42 Å². The molecule has 3 aromatic rings. The lowest BCUT2D eigenvalue weighted by Crippen LogP contribution is -2.54. The van der Waals surface area contributed by atoms with Crippen molar-refractivity contribution >= 4 is 40.9 Å². The third-order valence-electron chi connectivity index (χ3n) is 4.93. The number of carbonyl (C=O) groups excluding carboxylic acids is 2. The molecular formula is C24H17N3O3S. The molecule has 2 amide bonds. The number of rotatable bonds is 4. The van der Waals surface area contributed by atoms with Crippen molar-refractivity contribution in [3.05, 3.63) is 83.1 Å². The molecule has 1 aromatic heterocycles. The summed E-state index contributed by atoms with van der Waals surface area (Å²) in [6.07, 6.45) is 2.25. The van der Waals surface area contributed by atoms with E-state index in [0.717, 1.165) is 12.0 Å². The van der Waals surface area contributed by atoms with Crippen molar-refractivity contribution in [2.24, 2.45) is 0 Å². The Morgan fingerprint density at radius 3 is 2.55 bits per heavy atom. The van der Waals surface area contributed by atoms with Crippen LogP contribution in [0.3, 0.4) is 0 Å². The minimum absolute atomic E-state index is 0.0273. The number of nitriles is 1. The standard InChI is InChI=1S/C24H17N3O3S/c1-2-15-7-9-17(10-8-15)27-23(29)20(22(28)26-24(27)31)13-18-11-12-21(30-18)19-6-4-3-5-16(19)14-25/h3-13H,2H2,1H3,(H,26,28,31)/b20-13+. The molecule has 152 valence electrons. The molecule has 6 nitrogen and oxygen atoms in total. The Hall–Kier alpha value is -4.02. The molecule has 2 heterocycles. The number of amides is 2. The Morgan fingerprint density at radius 2 is 1.84 bits per heavy atom. The molecule has 1 aliphatic rings. The first-order chi connectivity index (χ1) is 15.0. The Balaban J connectivity index is 1.68. The zero-order chi connectivity index (χ0) is 22.0. The summed E-state index contributed by atoms with van der Waals surface area (Å²) in [5, 5.41) is 11.9. The second-order valence-electron chi connectivity index (χ2n) is 6.84. The van der Waals surface area contributed by atoms with E-state index in [0.29, 0.717) is 28.3 Å². The molecule has 0 atom stereocenters. The maximum absolute atomic E-state index is 13.1. The molecule has 0 unspecified atom stereocenters. The van der Waals surface area contributed by atoms with E-state index in [1.54, 1.807) is 48.5 Å². The van der Waals surface area contributed by atoms with Gasteiger partial charge in [-0.3, -0.25) is 19.8 Å². The summed E-state index contributed by atoms with van der Waals surface area (Å²) >= 11 is 5.23. The predicted octanol–water partition coefficient (Wildman–Crippen LogP) is 4.21. The normalized spacial score (nSPS) is 15.2. The van der Waals surface area contributed by atoms with Crippen LogP contribution >= 0.6 is 12.2 Å². The van der Waals surface area contributed by atoms with Crippen molar-refractivity contribution in [1.82, 2.24) is 5.32 Å². The van der Waals surface area contributed by atoms with Crippen LogP contribution in [-0.4, -0.2) is 16.9 Å². The van der Waals surface area contributed by atoms with Crippen molar-refractivity contribution in [3.63, 3.8) is 0 Å². The molecule has 0 aliphatic carbocycles. The van der Waals surface area contributed by atoms with Crippen LogP contribution in [0, 0.1) is 11.3 Å². The quantitative estimate of drug-likeness (QED) is 0.383. The zero-order valence-corrected chi connectivity index (χ0v) is 17.4. The Kier molecular flexibility index (Phi) is 5.48. The highest BCUT2D eigenvalue weighted by Crippen LogP contribution is 2.28. The fourth-order valence-corrected chi connectivity index (χ4v) is 3.57. The van der Waals surface area contributed by atoms with Gasteiger partial charge in [0, 0.05) is 5.56 Å². The van der Waals surface area contributed by atoms with Gasteiger partial charge in [-0.25, -0.2) is 0 Å². The summed E-state index contributed by atoms with van der Waals surface area (Å²) in [5.41, 5.74) is 2.70. The first-order valence-corrected chi connectivity index (χ1v) is 10.0. The van der Waals surface area contributed by atoms with Crippen molar-refractivity contribution in [3.8, 4) is 17.4 Å². The third-order valence-corrected chi connectivity index (χ3v) is 5.22. The SMILES string of the molecule is CCc1ccc(N2C(=O)/C(=C/c3ccc(-c4ccccc4C#N)o3)C(=O)NC2=S)cc1. The number of furan rings is 1. The number of nitrogens with zero attached hydrogens (tertiary/aromatic N) is 2. The monoisotopic (exact) mass is 427 g/mol. The number of aryl methyl sites for hydroxylation is 1. The summed E-state index contributed by atoms with van der Waals surface area (Å²) in [6, 6.07) is 19.9. The van der Waals surface area contributed by atoms with E-state index in [9.17, 15) is 14.9 Å². The third kappa shape index (κ3) is 3.89. The van der Waals surface area contributed by atoms with Crippen LogP contribution in [0.2, 0.25) is 0 Å². The Morgan fingerprint density at radius 1 is 1.10 bits per heavy atom. The number of hydrogen-bond donors (Lipinski definition) is 1. The molecule has 1 fully saturated rings. The summed E-state index contributed by atoms with van der Waals surface area (Å²) in [7, 11) is 0. The van der Waals surface area contributed by atoms with Crippen LogP contribution in [0.5, 0.6) is 0 Å². The van der Waals surface area contributed by atoms with Gasteiger partial charge in [-0.05, 0) is 66.7 Å². The number of benzene rings is 2. The fourth-order valence-electron chi connectivity index (χ4n) is 3.29. The topological polar surface area (TPSA) is 86.3 Å². The van der Waals surface area contributed by atoms with E-state index < -0.39 is 11.8 Å². The van der Waals surface area contributed by atoms with Gasteiger partial charge in [0.25, 0.3) is 11.8 Å². The summed E-state index contributed by atoms with van der Waals surface area (Å²) < 4.78 is 5.80. The molecule has 31 heavy (non-hydrogen) atoms. The molecule has 0 saturated carbocycles. The molecular weight excluding hydrogens is 410 g/mol. The average Bonchev–Trinajstić information content (AvgIpc) is 3.25. The highest BCUT2D eigenvalue weighted by Gasteiger charge is 2.34. The van der Waals surface area contributed by atoms with Crippen molar-refractivity contribution in [2.45, 2.75) is 13.3 Å². The van der Waals surface area contributed by atoms with Crippen molar-refractivity contribution in [1.29, 1.82) is 5.26 Å². The predicted molar refractivity (Wildman–Crippen MR) is 121 cm³/mol. The molecule has 0 bridgehead atoms. The maximum atomic E-state index is 13.1. The van der Waals surface area contributed by atoms with E-state index in [2.05, 4.69) is 11.4 Å². The van der Waals surface area contributed by atoms with E-state index in [1.807, 2.05) is 19.1 Å². The van der Waals surface area contributed by atoms with Crippen molar-refractivity contribution in [2.75, 3.05) is 4.90 Å². The number of carbonyl (C=O) groups is 2. The van der Waals surface area contributed by atoms with Crippen LogP contribution in [0.1, 0.15) is 23.8 Å². The van der Waals surface area contributed by atoms with Gasteiger partial charge in [-0.2, -0.15) is 5.26 Å².